The van der Waals surface area contributed by atoms with Crippen molar-refractivity contribution in [2.75, 3.05) is 4.90 Å². The predicted molar refractivity (Wildman–Crippen MR) is 112 cm³/mol. The lowest BCUT2D eigenvalue weighted by Crippen LogP contribution is -2.30. The molecule has 0 saturated heterocycles. The Morgan fingerprint density at radius 3 is 2.74 bits per heavy atom. The zero-order valence-corrected chi connectivity index (χ0v) is 17.0. The highest BCUT2D eigenvalue weighted by Crippen LogP contribution is 2.40. The Labute approximate surface area is 170 Å². The van der Waals surface area contributed by atoms with E-state index in [1.54, 1.807) is 29.2 Å². The number of carbonyl (C=O) groups excluding carboxylic acids is 1. The van der Waals surface area contributed by atoms with Crippen molar-refractivity contribution in [2.24, 2.45) is 0 Å². The Kier molecular flexibility index (Phi) is 5.53. The summed E-state index contributed by atoms with van der Waals surface area (Å²) in [6, 6.07) is 11.0. The highest BCUT2D eigenvalue weighted by Gasteiger charge is 2.30. The van der Waals surface area contributed by atoms with Crippen LogP contribution in [0.5, 0.6) is 0 Å². The van der Waals surface area contributed by atoms with Crippen molar-refractivity contribution in [2.45, 2.75) is 19.9 Å². The van der Waals surface area contributed by atoms with Gasteiger partial charge in [0.2, 0.25) is 5.91 Å². The van der Waals surface area contributed by atoms with Crippen LogP contribution in [0.15, 0.2) is 48.6 Å². The number of halogens is 2. The highest BCUT2D eigenvalue weighted by atomic mass is 79.9. The summed E-state index contributed by atoms with van der Waals surface area (Å²) in [6.07, 6.45) is 1.57. The first-order valence-electron chi connectivity index (χ1n) is 8.26. The van der Waals surface area contributed by atoms with Crippen LogP contribution in [-0.4, -0.2) is 17.0 Å². The van der Waals surface area contributed by atoms with Gasteiger partial charge in [0, 0.05) is 15.1 Å². The number of hydrogen-bond acceptors (Lipinski definition) is 2. The van der Waals surface area contributed by atoms with E-state index in [9.17, 15) is 14.7 Å². The van der Waals surface area contributed by atoms with Crippen molar-refractivity contribution in [3.63, 3.8) is 0 Å². The normalized spacial score (nSPS) is 14.0. The van der Waals surface area contributed by atoms with E-state index >= 15 is 0 Å². The van der Waals surface area contributed by atoms with E-state index in [0.717, 1.165) is 16.7 Å². The molecule has 0 radical (unpaired) electrons. The molecular weight excluding hydrogens is 430 g/mol. The largest absolute Gasteiger partial charge is 0.478 e. The van der Waals surface area contributed by atoms with Gasteiger partial charge < -0.3 is 10.0 Å². The number of fused-ring (bicyclic) bond motifs is 1. The first kappa shape index (κ1) is 19.4. The van der Waals surface area contributed by atoms with E-state index < -0.39 is 5.97 Å². The summed E-state index contributed by atoms with van der Waals surface area (Å²) in [4.78, 5) is 26.1. The minimum absolute atomic E-state index is 0.0294. The lowest BCUT2D eigenvalue weighted by atomic mass is 10.0. The van der Waals surface area contributed by atoms with Gasteiger partial charge in [0.15, 0.2) is 0 Å². The highest BCUT2D eigenvalue weighted by molar-refractivity contribution is 9.15. The fourth-order valence-electron chi connectivity index (χ4n) is 3.07. The molecule has 1 N–H and O–H groups in total. The molecule has 1 heterocycles. The molecule has 0 spiro atoms. The third-order valence-corrected chi connectivity index (χ3v) is 5.68. The summed E-state index contributed by atoms with van der Waals surface area (Å²) in [5, 5.41) is 9.98. The van der Waals surface area contributed by atoms with Crippen LogP contribution in [0.25, 0.3) is 10.6 Å². The smallest absolute Gasteiger partial charge is 0.333 e. The van der Waals surface area contributed by atoms with Crippen molar-refractivity contribution in [1.29, 1.82) is 0 Å². The molecular formula is C21H17BrClNO3. The Morgan fingerprint density at radius 2 is 2.07 bits per heavy atom. The van der Waals surface area contributed by atoms with Crippen LogP contribution in [0.4, 0.5) is 5.69 Å². The van der Waals surface area contributed by atoms with Crippen LogP contribution in [0.2, 0.25) is 5.02 Å². The summed E-state index contributed by atoms with van der Waals surface area (Å²) in [6.45, 7) is 6.12. The van der Waals surface area contributed by atoms with Gasteiger partial charge in [-0.1, -0.05) is 42.5 Å². The maximum Gasteiger partial charge on any atom is 0.333 e. The molecule has 6 heteroatoms. The number of rotatable bonds is 4. The minimum Gasteiger partial charge on any atom is -0.478 e. The third kappa shape index (κ3) is 3.84. The van der Waals surface area contributed by atoms with E-state index in [4.69, 9.17) is 11.6 Å². The number of benzene rings is 2. The van der Waals surface area contributed by atoms with Gasteiger partial charge in [-0.05, 0) is 57.7 Å². The second-order valence-electron chi connectivity index (χ2n) is 6.31. The summed E-state index contributed by atoms with van der Waals surface area (Å²) < 4.78 is 0.396. The standard InChI is InChI=1S/C21H17BrClNO3/c1-3-14-8-13(5-4-12(14)2)11-24-18-9-15(23)6-7-16(18)20(22)17(21(26)27)10-19(24)25/h3-9H,1,10-11H2,2H3,(H,26,27). The fraction of sp³-hybridized carbons (Fsp3) is 0.143. The second-order valence-corrected chi connectivity index (χ2v) is 7.54. The van der Waals surface area contributed by atoms with Gasteiger partial charge >= 0.3 is 5.97 Å². The molecule has 27 heavy (non-hydrogen) atoms. The van der Waals surface area contributed by atoms with Gasteiger partial charge in [0.25, 0.3) is 0 Å². The van der Waals surface area contributed by atoms with Crippen molar-refractivity contribution in [1.82, 2.24) is 0 Å². The van der Waals surface area contributed by atoms with Gasteiger partial charge in [-0.25, -0.2) is 4.79 Å². The molecule has 2 aromatic rings. The van der Waals surface area contributed by atoms with Gasteiger partial charge in [-0.15, -0.1) is 0 Å². The molecule has 3 rings (SSSR count). The molecule has 0 bridgehead atoms. The Morgan fingerprint density at radius 1 is 1.33 bits per heavy atom. The molecule has 1 aliphatic heterocycles. The average Bonchev–Trinajstić information content (AvgIpc) is 2.73. The molecule has 4 nitrogen and oxygen atoms in total. The summed E-state index contributed by atoms with van der Waals surface area (Å²) >= 11 is 9.53. The number of carboxylic acids is 1. The summed E-state index contributed by atoms with van der Waals surface area (Å²) in [5.41, 5.74) is 4.24. The third-order valence-electron chi connectivity index (χ3n) is 4.54. The molecule has 0 atom stereocenters. The van der Waals surface area contributed by atoms with E-state index in [1.165, 1.54) is 0 Å². The number of amides is 1. The number of aryl methyl sites for hydroxylation is 1. The van der Waals surface area contributed by atoms with E-state index in [0.29, 0.717) is 27.3 Å². The van der Waals surface area contributed by atoms with E-state index in [-0.39, 0.29) is 17.9 Å². The number of aliphatic carboxylic acids is 1. The van der Waals surface area contributed by atoms with Crippen LogP contribution in [0.3, 0.4) is 0 Å². The lowest BCUT2D eigenvalue weighted by Gasteiger charge is -2.24. The van der Waals surface area contributed by atoms with E-state index in [1.807, 2.05) is 25.1 Å². The Hall–Kier alpha value is -2.37. The first-order chi connectivity index (χ1) is 12.8. The average molecular weight is 447 g/mol. The monoisotopic (exact) mass is 445 g/mol. The number of carbonyl (C=O) groups is 2. The minimum atomic E-state index is -1.12. The topological polar surface area (TPSA) is 57.6 Å². The second kappa shape index (κ2) is 7.71. The van der Waals surface area contributed by atoms with Gasteiger partial charge in [0.05, 0.1) is 24.2 Å². The van der Waals surface area contributed by atoms with Crippen LogP contribution >= 0.6 is 27.5 Å². The molecule has 0 fully saturated rings. The van der Waals surface area contributed by atoms with E-state index in [2.05, 4.69) is 22.5 Å². The summed E-state index contributed by atoms with van der Waals surface area (Å²) in [7, 11) is 0. The SMILES string of the molecule is C=Cc1cc(CN2C(=O)CC(C(=O)O)=C(Br)c3ccc(Cl)cc32)ccc1C. The van der Waals surface area contributed by atoms with Gasteiger partial charge in [0.1, 0.15) is 0 Å². The van der Waals surface area contributed by atoms with Crippen LogP contribution in [0.1, 0.15) is 28.7 Å². The Balaban J connectivity index is 2.11. The zero-order valence-electron chi connectivity index (χ0n) is 14.6. The van der Waals surface area contributed by atoms with Crippen LogP contribution in [0, 0.1) is 6.92 Å². The Bertz CT molecular complexity index is 997. The quantitative estimate of drug-likeness (QED) is 0.682. The first-order valence-corrected chi connectivity index (χ1v) is 9.43. The maximum atomic E-state index is 12.9. The molecule has 0 unspecified atom stereocenters. The van der Waals surface area contributed by atoms with Crippen molar-refractivity contribution in [3.8, 4) is 0 Å². The van der Waals surface area contributed by atoms with Crippen molar-refractivity contribution < 1.29 is 14.7 Å². The number of hydrogen-bond donors (Lipinski definition) is 1. The van der Waals surface area contributed by atoms with Crippen molar-refractivity contribution in [3.05, 3.63) is 75.8 Å². The van der Waals surface area contributed by atoms with Crippen LogP contribution < -0.4 is 4.90 Å². The molecule has 0 aliphatic carbocycles. The molecule has 0 aromatic heterocycles. The number of carboxylic acid groups (broad SMARTS) is 1. The number of anilines is 1. The van der Waals surface area contributed by atoms with Crippen LogP contribution in [-0.2, 0) is 16.1 Å². The number of nitrogens with zero attached hydrogens (tertiary/aromatic N) is 1. The molecule has 0 saturated carbocycles. The van der Waals surface area contributed by atoms with Gasteiger partial charge in [-0.2, -0.15) is 0 Å². The fourth-order valence-corrected chi connectivity index (χ4v) is 3.88. The van der Waals surface area contributed by atoms with Gasteiger partial charge in [-0.3, -0.25) is 4.79 Å². The predicted octanol–water partition coefficient (Wildman–Crippen LogP) is 5.42. The lowest BCUT2D eigenvalue weighted by molar-refractivity contribution is -0.133. The molecule has 2 aromatic carbocycles. The summed E-state index contributed by atoms with van der Waals surface area (Å²) in [5.74, 6) is -1.42. The maximum absolute atomic E-state index is 12.9. The van der Waals surface area contributed by atoms with Crippen molar-refractivity contribution >= 4 is 55.7 Å². The molecule has 138 valence electrons. The molecule has 1 aliphatic rings. The molecule has 1 amide bonds. The zero-order chi connectivity index (χ0) is 19.7.